The lowest BCUT2D eigenvalue weighted by atomic mass is 9.98. The highest BCUT2D eigenvalue weighted by atomic mass is 19.2. The Bertz CT molecular complexity index is 634. The molecular weight excluding hydrogens is 281 g/mol. The van der Waals surface area contributed by atoms with Crippen molar-refractivity contribution in [2.45, 2.75) is 12.5 Å². The first-order valence-electron chi connectivity index (χ1n) is 6.29. The number of hydrazine groups is 1. The summed E-state index contributed by atoms with van der Waals surface area (Å²) in [6.45, 7) is 0. The van der Waals surface area contributed by atoms with E-state index in [4.69, 9.17) is 10.6 Å². The Kier molecular flexibility index (Phi) is 4.82. The number of hydrogen-bond acceptors (Lipinski definition) is 3. The number of hydrogen-bond donors (Lipinski definition) is 2. The Morgan fingerprint density at radius 2 is 1.86 bits per heavy atom. The lowest BCUT2D eigenvalue weighted by Gasteiger charge is -2.20. The number of halogens is 3. The summed E-state index contributed by atoms with van der Waals surface area (Å²) < 4.78 is 45.3. The first-order chi connectivity index (χ1) is 10.1. The van der Waals surface area contributed by atoms with Crippen molar-refractivity contribution in [3.63, 3.8) is 0 Å². The number of ether oxygens (including phenoxy) is 1. The molecule has 21 heavy (non-hydrogen) atoms. The molecule has 0 aliphatic rings. The minimum absolute atomic E-state index is 0.186. The summed E-state index contributed by atoms with van der Waals surface area (Å²) in [5, 5.41) is 0. The highest BCUT2D eigenvalue weighted by molar-refractivity contribution is 5.38. The minimum Gasteiger partial charge on any atom is -0.496 e. The van der Waals surface area contributed by atoms with E-state index in [0.717, 1.165) is 12.1 Å². The average Bonchev–Trinajstić information content (AvgIpc) is 2.48. The molecule has 2 aromatic rings. The molecule has 112 valence electrons. The van der Waals surface area contributed by atoms with Gasteiger partial charge in [0, 0.05) is 5.56 Å². The second-order valence-corrected chi connectivity index (χ2v) is 4.53. The molecule has 3 nitrogen and oxygen atoms in total. The Labute approximate surface area is 120 Å². The molecule has 0 aromatic heterocycles. The molecule has 0 bridgehead atoms. The third-order valence-electron chi connectivity index (χ3n) is 3.21. The van der Waals surface area contributed by atoms with Gasteiger partial charge in [-0.3, -0.25) is 11.3 Å². The van der Waals surface area contributed by atoms with E-state index < -0.39 is 23.5 Å². The summed E-state index contributed by atoms with van der Waals surface area (Å²) in [5.41, 5.74) is 3.21. The molecule has 2 aromatic carbocycles. The molecule has 0 saturated heterocycles. The van der Waals surface area contributed by atoms with Gasteiger partial charge < -0.3 is 4.74 Å². The van der Waals surface area contributed by atoms with Gasteiger partial charge in [0.2, 0.25) is 0 Å². The molecule has 1 atom stereocenters. The third kappa shape index (κ3) is 3.34. The topological polar surface area (TPSA) is 47.3 Å². The Balaban J connectivity index is 2.34. The molecule has 0 aliphatic carbocycles. The number of rotatable bonds is 5. The van der Waals surface area contributed by atoms with Crippen molar-refractivity contribution in [3.8, 4) is 5.75 Å². The van der Waals surface area contributed by atoms with Gasteiger partial charge in [-0.1, -0.05) is 12.1 Å². The second-order valence-electron chi connectivity index (χ2n) is 4.53. The van der Waals surface area contributed by atoms with Crippen molar-refractivity contribution in [2.24, 2.45) is 5.84 Å². The van der Waals surface area contributed by atoms with Gasteiger partial charge in [0.15, 0.2) is 11.6 Å². The number of benzene rings is 2. The van der Waals surface area contributed by atoms with E-state index in [1.807, 2.05) is 0 Å². The van der Waals surface area contributed by atoms with Gasteiger partial charge in [-0.05, 0) is 36.2 Å². The lowest BCUT2D eigenvalue weighted by molar-refractivity contribution is 0.390. The van der Waals surface area contributed by atoms with Gasteiger partial charge >= 0.3 is 0 Å². The van der Waals surface area contributed by atoms with E-state index in [1.165, 1.54) is 25.3 Å². The lowest BCUT2D eigenvalue weighted by Crippen LogP contribution is -2.30. The zero-order chi connectivity index (χ0) is 15.4. The Morgan fingerprint density at radius 1 is 1.10 bits per heavy atom. The fourth-order valence-corrected chi connectivity index (χ4v) is 2.18. The normalized spacial score (nSPS) is 12.2. The van der Waals surface area contributed by atoms with Crippen LogP contribution in [0.25, 0.3) is 0 Å². The molecule has 0 aliphatic heterocycles. The van der Waals surface area contributed by atoms with Crippen LogP contribution in [-0.4, -0.2) is 7.11 Å². The van der Waals surface area contributed by atoms with Crippen LogP contribution in [0.5, 0.6) is 5.75 Å². The molecule has 0 radical (unpaired) electrons. The highest BCUT2D eigenvalue weighted by Crippen LogP contribution is 2.30. The van der Waals surface area contributed by atoms with Gasteiger partial charge in [0.1, 0.15) is 11.6 Å². The number of methoxy groups -OCH3 is 1. The molecule has 0 amide bonds. The van der Waals surface area contributed by atoms with Crippen LogP contribution in [0.2, 0.25) is 0 Å². The summed E-state index contributed by atoms with van der Waals surface area (Å²) >= 11 is 0. The fraction of sp³-hybridized carbons (Fsp3) is 0.200. The summed E-state index contributed by atoms with van der Waals surface area (Å²) in [4.78, 5) is 0. The highest BCUT2D eigenvalue weighted by Gasteiger charge is 2.20. The maximum atomic E-state index is 14.0. The third-order valence-corrected chi connectivity index (χ3v) is 3.21. The van der Waals surface area contributed by atoms with Crippen molar-refractivity contribution < 1.29 is 17.9 Å². The molecule has 3 N–H and O–H groups in total. The van der Waals surface area contributed by atoms with Crippen LogP contribution in [0.3, 0.4) is 0 Å². The average molecular weight is 296 g/mol. The minimum atomic E-state index is -0.955. The molecule has 6 heteroatoms. The summed E-state index contributed by atoms with van der Waals surface area (Å²) in [7, 11) is 1.42. The maximum absolute atomic E-state index is 14.0. The fourth-order valence-electron chi connectivity index (χ4n) is 2.18. The van der Waals surface area contributed by atoms with Gasteiger partial charge in [0.05, 0.1) is 13.2 Å². The molecule has 0 heterocycles. The van der Waals surface area contributed by atoms with E-state index >= 15 is 0 Å². The molecule has 0 saturated carbocycles. The van der Waals surface area contributed by atoms with Crippen LogP contribution >= 0.6 is 0 Å². The smallest absolute Gasteiger partial charge is 0.159 e. The predicted octanol–water partition coefficient (Wildman–Crippen LogP) is 2.86. The van der Waals surface area contributed by atoms with Crippen molar-refractivity contribution in [2.75, 3.05) is 7.11 Å². The van der Waals surface area contributed by atoms with Crippen molar-refractivity contribution in [3.05, 3.63) is 65.0 Å². The van der Waals surface area contributed by atoms with Crippen LogP contribution in [0.1, 0.15) is 17.2 Å². The van der Waals surface area contributed by atoms with Crippen molar-refractivity contribution in [1.29, 1.82) is 0 Å². The number of nitrogens with two attached hydrogens (primary N) is 1. The predicted molar refractivity (Wildman–Crippen MR) is 73.1 cm³/mol. The second kappa shape index (κ2) is 6.60. The first-order valence-corrected chi connectivity index (χ1v) is 6.29. The molecule has 0 fully saturated rings. The molecule has 0 spiro atoms. The SMILES string of the molecule is COc1cccc(F)c1C(Cc1ccc(F)c(F)c1)NN. The summed E-state index contributed by atoms with van der Waals surface area (Å²) in [5.74, 6) is 3.43. The first kappa shape index (κ1) is 15.3. The Hall–Kier alpha value is -2.05. The van der Waals surface area contributed by atoms with Gasteiger partial charge in [-0.15, -0.1) is 0 Å². The summed E-state index contributed by atoms with van der Waals surface area (Å²) in [6, 6.07) is 7.29. The standard InChI is InChI=1S/C15H15F3N2O/c1-21-14-4-2-3-11(17)15(14)13(20-19)8-9-5-6-10(16)12(18)7-9/h2-7,13,20H,8,19H2,1H3. The van der Waals surface area contributed by atoms with Crippen LogP contribution in [0.15, 0.2) is 36.4 Å². The zero-order valence-corrected chi connectivity index (χ0v) is 11.4. The van der Waals surface area contributed by atoms with Crippen molar-refractivity contribution >= 4 is 0 Å². The molecular formula is C15H15F3N2O. The van der Waals surface area contributed by atoms with E-state index in [0.29, 0.717) is 11.3 Å². The van der Waals surface area contributed by atoms with E-state index in [1.54, 1.807) is 6.07 Å². The van der Waals surface area contributed by atoms with E-state index in [2.05, 4.69) is 5.43 Å². The van der Waals surface area contributed by atoms with Gasteiger partial charge in [-0.25, -0.2) is 13.2 Å². The maximum Gasteiger partial charge on any atom is 0.159 e. The van der Waals surface area contributed by atoms with Crippen LogP contribution in [0, 0.1) is 17.5 Å². The largest absolute Gasteiger partial charge is 0.496 e. The summed E-state index contributed by atoms with van der Waals surface area (Å²) in [6.07, 6.45) is 0.186. The Morgan fingerprint density at radius 3 is 2.48 bits per heavy atom. The van der Waals surface area contributed by atoms with E-state index in [9.17, 15) is 13.2 Å². The van der Waals surface area contributed by atoms with E-state index in [-0.39, 0.29) is 12.0 Å². The monoisotopic (exact) mass is 296 g/mol. The number of nitrogens with one attached hydrogen (secondary N) is 1. The zero-order valence-electron chi connectivity index (χ0n) is 11.4. The van der Waals surface area contributed by atoms with Crippen molar-refractivity contribution in [1.82, 2.24) is 5.43 Å². The molecule has 1 unspecified atom stereocenters. The van der Waals surface area contributed by atoms with Gasteiger partial charge in [0.25, 0.3) is 0 Å². The molecule has 2 rings (SSSR count). The van der Waals surface area contributed by atoms with Crippen LogP contribution in [0.4, 0.5) is 13.2 Å². The van der Waals surface area contributed by atoms with Gasteiger partial charge in [-0.2, -0.15) is 0 Å². The van der Waals surface area contributed by atoms with Crippen LogP contribution in [-0.2, 0) is 6.42 Å². The van der Waals surface area contributed by atoms with Crippen LogP contribution < -0.4 is 16.0 Å². The quantitative estimate of drug-likeness (QED) is 0.659.